The second-order valence-corrected chi connectivity index (χ2v) is 5.94. The molecule has 0 aliphatic carbocycles. The number of unbranched alkanes of at least 4 members (excludes halogenated alkanes) is 1. The molecular weight excluding hydrogens is 237 g/mol. The molecular formula is C12H28NO3P. The second kappa shape index (κ2) is 10.1. The number of hydrogen-bond donors (Lipinski definition) is 1. The summed E-state index contributed by atoms with van der Waals surface area (Å²) in [5.41, 5.74) is 0. The van der Waals surface area contributed by atoms with Crippen LogP contribution < -0.4 is 5.09 Å². The molecule has 0 saturated carbocycles. The number of nitrogens with one attached hydrogen (secondary N) is 1. The van der Waals surface area contributed by atoms with E-state index in [2.05, 4.69) is 18.9 Å². The SMILES string of the molecule is CCCCC(CC)CNP(=O)(OCC)OCC. The highest BCUT2D eigenvalue weighted by molar-refractivity contribution is 7.51. The summed E-state index contributed by atoms with van der Waals surface area (Å²) in [5.74, 6) is 0.546. The van der Waals surface area contributed by atoms with Crippen molar-refractivity contribution >= 4 is 7.75 Å². The van der Waals surface area contributed by atoms with Gasteiger partial charge in [-0.05, 0) is 26.2 Å². The predicted octanol–water partition coefficient (Wildman–Crippen LogP) is 3.97. The van der Waals surface area contributed by atoms with E-state index in [9.17, 15) is 4.57 Å². The predicted molar refractivity (Wildman–Crippen MR) is 72.2 cm³/mol. The molecule has 5 heteroatoms. The molecule has 4 nitrogen and oxygen atoms in total. The topological polar surface area (TPSA) is 47.6 Å². The molecule has 104 valence electrons. The van der Waals surface area contributed by atoms with Crippen molar-refractivity contribution in [3.63, 3.8) is 0 Å². The Morgan fingerprint density at radius 3 is 2.12 bits per heavy atom. The molecule has 0 amide bonds. The van der Waals surface area contributed by atoms with E-state index < -0.39 is 7.75 Å². The van der Waals surface area contributed by atoms with Crippen LogP contribution in [0.1, 0.15) is 53.4 Å². The van der Waals surface area contributed by atoms with Crippen molar-refractivity contribution in [2.45, 2.75) is 53.4 Å². The third kappa shape index (κ3) is 7.93. The molecule has 0 aromatic heterocycles. The first kappa shape index (κ1) is 17.1. The lowest BCUT2D eigenvalue weighted by atomic mass is 10.00. The van der Waals surface area contributed by atoms with Crippen molar-refractivity contribution in [2.24, 2.45) is 5.92 Å². The fourth-order valence-electron chi connectivity index (χ4n) is 1.65. The van der Waals surface area contributed by atoms with Crippen molar-refractivity contribution in [2.75, 3.05) is 19.8 Å². The van der Waals surface area contributed by atoms with Crippen LogP contribution in [0.15, 0.2) is 0 Å². The largest absolute Gasteiger partial charge is 0.405 e. The van der Waals surface area contributed by atoms with Gasteiger partial charge < -0.3 is 0 Å². The first-order valence-corrected chi connectivity index (χ1v) is 8.30. The van der Waals surface area contributed by atoms with Crippen LogP contribution in [0.2, 0.25) is 0 Å². The van der Waals surface area contributed by atoms with Gasteiger partial charge in [0.2, 0.25) is 0 Å². The van der Waals surface area contributed by atoms with Gasteiger partial charge in [-0.15, -0.1) is 0 Å². The maximum absolute atomic E-state index is 12.2. The molecule has 0 bridgehead atoms. The molecule has 17 heavy (non-hydrogen) atoms. The van der Waals surface area contributed by atoms with Crippen molar-refractivity contribution in [1.82, 2.24) is 5.09 Å². The Morgan fingerprint density at radius 1 is 1.12 bits per heavy atom. The van der Waals surface area contributed by atoms with Crippen LogP contribution in [0.5, 0.6) is 0 Å². The Morgan fingerprint density at radius 2 is 1.71 bits per heavy atom. The Bertz CT molecular complexity index is 214. The van der Waals surface area contributed by atoms with Gasteiger partial charge in [-0.25, -0.2) is 9.65 Å². The van der Waals surface area contributed by atoms with Gasteiger partial charge in [0, 0.05) is 6.54 Å². The summed E-state index contributed by atoms with van der Waals surface area (Å²) in [4.78, 5) is 0. The van der Waals surface area contributed by atoms with Crippen LogP contribution in [0, 0.1) is 5.92 Å². The maximum Gasteiger partial charge on any atom is 0.405 e. The second-order valence-electron chi connectivity index (χ2n) is 4.11. The third-order valence-electron chi connectivity index (χ3n) is 2.72. The quantitative estimate of drug-likeness (QED) is 0.574. The molecule has 0 saturated heterocycles. The molecule has 1 atom stereocenters. The minimum atomic E-state index is -3.07. The van der Waals surface area contributed by atoms with Gasteiger partial charge in [0.1, 0.15) is 0 Å². The van der Waals surface area contributed by atoms with Gasteiger partial charge in [-0.1, -0.05) is 33.1 Å². The average molecular weight is 265 g/mol. The van der Waals surface area contributed by atoms with Crippen LogP contribution >= 0.6 is 7.75 Å². The first-order chi connectivity index (χ1) is 8.11. The minimum absolute atomic E-state index is 0.399. The molecule has 0 spiro atoms. The molecule has 0 aromatic rings. The van der Waals surface area contributed by atoms with Gasteiger partial charge in [0.15, 0.2) is 0 Å². The van der Waals surface area contributed by atoms with Gasteiger partial charge in [-0.2, -0.15) is 0 Å². The molecule has 1 N–H and O–H groups in total. The minimum Gasteiger partial charge on any atom is -0.297 e. The lowest BCUT2D eigenvalue weighted by Gasteiger charge is -2.21. The lowest BCUT2D eigenvalue weighted by Crippen LogP contribution is -2.22. The van der Waals surface area contributed by atoms with Crippen LogP contribution in [-0.2, 0) is 13.6 Å². The fraction of sp³-hybridized carbons (Fsp3) is 1.00. The highest BCUT2D eigenvalue weighted by atomic mass is 31.2. The molecule has 0 heterocycles. The van der Waals surface area contributed by atoms with E-state index in [1.807, 2.05) is 13.8 Å². The summed E-state index contributed by atoms with van der Waals surface area (Å²) in [6, 6.07) is 0. The third-order valence-corrected chi connectivity index (χ3v) is 4.48. The Balaban J connectivity index is 4.12. The summed E-state index contributed by atoms with van der Waals surface area (Å²) in [6.45, 7) is 9.49. The number of hydrogen-bond acceptors (Lipinski definition) is 3. The average Bonchev–Trinajstić information content (AvgIpc) is 2.30. The van der Waals surface area contributed by atoms with E-state index in [-0.39, 0.29) is 0 Å². The van der Waals surface area contributed by atoms with E-state index in [0.29, 0.717) is 25.7 Å². The van der Waals surface area contributed by atoms with Crippen molar-refractivity contribution in [3.8, 4) is 0 Å². The zero-order valence-corrected chi connectivity index (χ0v) is 12.6. The lowest BCUT2D eigenvalue weighted by molar-refractivity contribution is 0.208. The molecule has 0 aliphatic rings. The van der Waals surface area contributed by atoms with E-state index in [4.69, 9.17) is 9.05 Å². The van der Waals surface area contributed by atoms with Crippen LogP contribution in [-0.4, -0.2) is 19.8 Å². The monoisotopic (exact) mass is 265 g/mol. The number of rotatable bonds is 11. The Kier molecular flexibility index (Phi) is 10.1. The summed E-state index contributed by atoms with van der Waals surface area (Å²) >= 11 is 0. The first-order valence-electron chi connectivity index (χ1n) is 6.76. The Labute approximate surface area is 106 Å². The fourth-order valence-corrected chi connectivity index (χ4v) is 3.07. The summed E-state index contributed by atoms with van der Waals surface area (Å²) in [6.07, 6.45) is 4.67. The van der Waals surface area contributed by atoms with Crippen LogP contribution in [0.25, 0.3) is 0 Å². The summed E-state index contributed by atoms with van der Waals surface area (Å²) in [5, 5.41) is 2.97. The van der Waals surface area contributed by atoms with Crippen molar-refractivity contribution in [1.29, 1.82) is 0 Å². The van der Waals surface area contributed by atoms with Gasteiger partial charge in [0.25, 0.3) is 0 Å². The summed E-state index contributed by atoms with van der Waals surface area (Å²) < 4.78 is 22.5. The van der Waals surface area contributed by atoms with Crippen molar-refractivity contribution in [3.05, 3.63) is 0 Å². The molecule has 1 unspecified atom stereocenters. The van der Waals surface area contributed by atoms with Crippen molar-refractivity contribution < 1.29 is 13.6 Å². The Hall–Kier alpha value is 0.110. The van der Waals surface area contributed by atoms with E-state index in [1.165, 1.54) is 12.8 Å². The molecule has 0 aromatic carbocycles. The van der Waals surface area contributed by atoms with Crippen LogP contribution in [0.3, 0.4) is 0 Å². The molecule has 0 fully saturated rings. The smallest absolute Gasteiger partial charge is 0.297 e. The zero-order chi connectivity index (χ0) is 13.1. The van der Waals surface area contributed by atoms with Gasteiger partial charge >= 0.3 is 7.75 Å². The highest BCUT2D eigenvalue weighted by Gasteiger charge is 2.23. The van der Waals surface area contributed by atoms with E-state index >= 15 is 0 Å². The highest BCUT2D eigenvalue weighted by Crippen LogP contribution is 2.43. The van der Waals surface area contributed by atoms with Gasteiger partial charge in [0.05, 0.1) is 13.2 Å². The van der Waals surface area contributed by atoms with Gasteiger partial charge in [-0.3, -0.25) is 9.05 Å². The molecule has 0 aliphatic heterocycles. The van der Waals surface area contributed by atoms with E-state index in [0.717, 1.165) is 12.8 Å². The maximum atomic E-state index is 12.2. The normalized spacial score (nSPS) is 13.9. The molecule has 0 radical (unpaired) electrons. The van der Waals surface area contributed by atoms with Crippen LogP contribution in [0.4, 0.5) is 0 Å². The standard InChI is InChI=1S/C12H28NO3P/c1-5-9-10-12(6-2)11-13-17(14,15-7-3)16-8-4/h12H,5-11H2,1-4H3,(H,13,14). The summed E-state index contributed by atoms with van der Waals surface area (Å²) in [7, 11) is -3.07. The van der Waals surface area contributed by atoms with E-state index in [1.54, 1.807) is 0 Å². The molecule has 0 rings (SSSR count). The zero-order valence-electron chi connectivity index (χ0n) is 11.7.